The second-order valence-electron chi connectivity index (χ2n) is 5.73. The fourth-order valence-electron chi connectivity index (χ4n) is 2.62. The van der Waals surface area contributed by atoms with E-state index in [1.807, 2.05) is 60.7 Å². The van der Waals surface area contributed by atoms with Crippen LogP contribution in [0.4, 0.5) is 0 Å². The molecule has 27 heavy (non-hydrogen) atoms. The molecule has 2 aromatic carbocycles. The van der Waals surface area contributed by atoms with Crippen molar-refractivity contribution >= 4 is 31.2 Å². The molecule has 0 saturated carbocycles. The summed E-state index contributed by atoms with van der Waals surface area (Å²) in [6, 6.07) is 18.9. The summed E-state index contributed by atoms with van der Waals surface area (Å²) in [5.41, 5.74) is 1.78. The van der Waals surface area contributed by atoms with Crippen molar-refractivity contribution in [2.75, 3.05) is 20.1 Å². The minimum atomic E-state index is -3.63. The summed E-state index contributed by atoms with van der Waals surface area (Å²) in [6.07, 6.45) is 3.45. The molecule has 0 radical (unpaired) electrons. The number of alkyl halides is 1. The SMILES string of the molecule is COP(=O)(OC)C(/C=C/c1ccccc1)N(Cc1ccccc1)C(=O)CCl. The Morgan fingerprint density at radius 3 is 2.15 bits per heavy atom. The Labute approximate surface area is 165 Å². The maximum absolute atomic E-state index is 13.2. The van der Waals surface area contributed by atoms with Gasteiger partial charge in [-0.25, -0.2) is 0 Å². The van der Waals surface area contributed by atoms with E-state index in [0.29, 0.717) is 0 Å². The summed E-state index contributed by atoms with van der Waals surface area (Å²) in [5.74, 6) is -1.52. The van der Waals surface area contributed by atoms with Crippen molar-refractivity contribution in [3.05, 3.63) is 77.9 Å². The number of hydrogen-bond donors (Lipinski definition) is 0. The number of nitrogens with zero attached hydrogens (tertiary/aromatic N) is 1. The van der Waals surface area contributed by atoms with Crippen molar-refractivity contribution in [2.45, 2.75) is 12.3 Å². The number of benzene rings is 2. The molecule has 1 amide bonds. The van der Waals surface area contributed by atoms with Crippen molar-refractivity contribution in [1.82, 2.24) is 4.90 Å². The highest BCUT2D eigenvalue weighted by atomic mass is 35.5. The van der Waals surface area contributed by atoms with Crippen LogP contribution in [0.25, 0.3) is 6.08 Å². The van der Waals surface area contributed by atoms with E-state index in [2.05, 4.69) is 0 Å². The van der Waals surface area contributed by atoms with Gasteiger partial charge in [-0.2, -0.15) is 0 Å². The minimum Gasteiger partial charge on any atom is -0.319 e. The average Bonchev–Trinajstić information content (AvgIpc) is 2.73. The zero-order valence-electron chi connectivity index (χ0n) is 15.3. The molecule has 0 spiro atoms. The van der Waals surface area contributed by atoms with Gasteiger partial charge in [0.1, 0.15) is 5.88 Å². The van der Waals surface area contributed by atoms with Crippen LogP contribution >= 0.6 is 19.2 Å². The highest BCUT2D eigenvalue weighted by Crippen LogP contribution is 2.53. The molecule has 0 aliphatic heterocycles. The summed E-state index contributed by atoms with van der Waals surface area (Å²) in [5, 5.41) is 0. The van der Waals surface area contributed by atoms with Gasteiger partial charge in [0.15, 0.2) is 5.78 Å². The Balaban J connectivity index is 2.44. The van der Waals surface area contributed by atoms with E-state index < -0.39 is 13.4 Å². The first kappa shape index (κ1) is 21.4. The lowest BCUT2D eigenvalue weighted by Crippen LogP contribution is -2.40. The monoisotopic (exact) mass is 407 g/mol. The van der Waals surface area contributed by atoms with E-state index in [1.165, 1.54) is 19.1 Å². The Morgan fingerprint density at radius 2 is 1.63 bits per heavy atom. The number of carbonyl (C=O) groups excluding carboxylic acids is 1. The van der Waals surface area contributed by atoms with Gasteiger partial charge in [-0.3, -0.25) is 9.36 Å². The summed E-state index contributed by atoms with van der Waals surface area (Å²) in [6.45, 7) is 0.229. The number of halogens is 1. The van der Waals surface area contributed by atoms with E-state index in [-0.39, 0.29) is 18.3 Å². The first-order valence-corrected chi connectivity index (χ1v) is 10.5. The molecule has 0 bridgehead atoms. The van der Waals surface area contributed by atoms with Crippen LogP contribution in [0.1, 0.15) is 11.1 Å². The summed E-state index contributed by atoms with van der Waals surface area (Å²) in [4.78, 5) is 14.0. The maximum Gasteiger partial charge on any atom is 0.356 e. The first-order chi connectivity index (χ1) is 13.0. The average molecular weight is 408 g/mol. The van der Waals surface area contributed by atoms with Gasteiger partial charge in [0.2, 0.25) is 5.91 Å². The van der Waals surface area contributed by atoms with Crippen LogP contribution in [0.5, 0.6) is 0 Å². The summed E-state index contributed by atoms with van der Waals surface area (Å²) < 4.78 is 23.6. The fourth-order valence-corrected chi connectivity index (χ4v) is 4.20. The Hall–Kier alpha value is -1.91. The number of carbonyl (C=O) groups is 1. The number of hydrogen-bond acceptors (Lipinski definition) is 4. The zero-order chi connectivity index (χ0) is 19.7. The van der Waals surface area contributed by atoms with Gasteiger partial charge in [-0.15, -0.1) is 11.6 Å². The van der Waals surface area contributed by atoms with Gasteiger partial charge in [-0.1, -0.05) is 66.7 Å². The van der Waals surface area contributed by atoms with E-state index >= 15 is 0 Å². The molecule has 0 saturated heterocycles. The number of rotatable bonds is 9. The quantitative estimate of drug-likeness (QED) is 0.443. The van der Waals surface area contributed by atoms with E-state index in [9.17, 15) is 9.36 Å². The van der Waals surface area contributed by atoms with Crippen LogP contribution in [0, 0.1) is 0 Å². The van der Waals surface area contributed by atoms with E-state index in [0.717, 1.165) is 11.1 Å². The summed E-state index contributed by atoms with van der Waals surface area (Å²) in [7, 11) is -1.02. The molecule has 5 nitrogen and oxygen atoms in total. The van der Waals surface area contributed by atoms with Crippen LogP contribution in [-0.4, -0.2) is 36.7 Å². The molecule has 144 valence electrons. The second kappa shape index (κ2) is 10.4. The summed E-state index contributed by atoms with van der Waals surface area (Å²) >= 11 is 5.82. The van der Waals surface area contributed by atoms with Crippen LogP contribution in [0.2, 0.25) is 0 Å². The third-order valence-electron chi connectivity index (χ3n) is 4.04. The molecule has 0 aromatic heterocycles. The lowest BCUT2D eigenvalue weighted by Gasteiger charge is -2.33. The molecule has 1 unspecified atom stereocenters. The standard InChI is InChI=1S/C20H23ClNO4P/c1-25-27(24,26-2)20(14-13-17-9-5-3-6-10-17)22(19(23)15-21)16-18-11-7-4-8-12-18/h3-14,20H,15-16H2,1-2H3/b14-13+. The largest absolute Gasteiger partial charge is 0.356 e. The van der Waals surface area contributed by atoms with Crippen molar-refractivity contribution < 1.29 is 18.4 Å². The molecule has 0 aliphatic rings. The molecule has 0 aliphatic carbocycles. The second-order valence-corrected chi connectivity index (χ2v) is 8.34. The molecule has 0 fully saturated rings. The number of amides is 1. The maximum atomic E-state index is 13.2. The molecule has 2 rings (SSSR count). The molecule has 2 aromatic rings. The fraction of sp³-hybridized carbons (Fsp3) is 0.250. The predicted octanol–water partition coefficient (Wildman–Crippen LogP) is 4.78. The topological polar surface area (TPSA) is 55.8 Å². The third kappa shape index (κ3) is 5.78. The van der Waals surface area contributed by atoms with E-state index in [4.69, 9.17) is 20.6 Å². The van der Waals surface area contributed by atoms with Gasteiger partial charge in [-0.05, 0) is 17.2 Å². The van der Waals surface area contributed by atoms with Crippen LogP contribution in [0.3, 0.4) is 0 Å². The Bertz CT molecular complexity index is 790. The molecule has 0 heterocycles. The molecule has 1 atom stereocenters. The molecule has 0 N–H and O–H groups in total. The van der Waals surface area contributed by atoms with Gasteiger partial charge >= 0.3 is 7.60 Å². The van der Waals surface area contributed by atoms with Gasteiger partial charge in [0, 0.05) is 20.8 Å². The van der Waals surface area contributed by atoms with Crippen molar-refractivity contribution in [3.8, 4) is 0 Å². The molecular formula is C20H23ClNO4P. The zero-order valence-corrected chi connectivity index (χ0v) is 17.0. The van der Waals surface area contributed by atoms with Crippen LogP contribution in [-0.2, 0) is 25.0 Å². The normalized spacial score (nSPS) is 12.9. The minimum absolute atomic E-state index is 0.229. The van der Waals surface area contributed by atoms with Gasteiger partial charge in [0.05, 0.1) is 0 Å². The third-order valence-corrected chi connectivity index (χ3v) is 6.39. The molecular weight excluding hydrogens is 385 g/mol. The smallest absolute Gasteiger partial charge is 0.319 e. The van der Waals surface area contributed by atoms with Crippen LogP contribution in [0.15, 0.2) is 66.7 Å². The Kier molecular flexibility index (Phi) is 8.26. The highest BCUT2D eigenvalue weighted by molar-refractivity contribution is 7.54. The van der Waals surface area contributed by atoms with Crippen molar-refractivity contribution in [1.29, 1.82) is 0 Å². The molecule has 7 heteroatoms. The van der Waals surface area contributed by atoms with Gasteiger partial charge < -0.3 is 13.9 Å². The first-order valence-electron chi connectivity index (χ1n) is 8.38. The Morgan fingerprint density at radius 1 is 1.07 bits per heavy atom. The predicted molar refractivity (Wildman–Crippen MR) is 109 cm³/mol. The van der Waals surface area contributed by atoms with E-state index in [1.54, 1.807) is 12.2 Å². The van der Waals surface area contributed by atoms with Crippen molar-refractivity contribution in [3.63, 3.8) is 0 Å². The highest BCUT2D eigenvalue weighted by Gasteiger charge is 2.39. The van der Waals surface area contributed by atoms with Gasteiger partial charge in [0.25, 0.3) is 0 Å². The lowest BCUT2D eigenvalue weighted by atomic mass is 10.2. The van der Waals surface area contributed by atoms with Crippen molar-refractivity contribution in [2.24, 2.45) is 0 Å². The lowest BCUT2D eigenvalue weighted by molar-refractivity contribution is -0.129. The van der Waals surface area contributed by atoms with Crippen LogP contribution < -0.4 is 0 Å².